The molecule has 0 spiro atoms. The second-order valence-corrected chi connectivity index (χ2v) is 4.75. The Morgan fingerprint density at radius 2 is 2.21 bits per heavy atom. The second kappa shape index (κ2) is 5.90. The highest BCUT2D eigenvalue weighted by Gasteiger charge is 2.07. The Morgan fingerprint density at radius 1 is 1.50 bits per heavy atom. The van der Waals surface area contributed by atoms with Gasteiger partial charge in [-0.05, 0) is 52.0 Å². The van der Waals surface area contributed by atoms with Gasteiger partial charge < -0.3 is 9.73 Å². The van der Waals surface area contributed by atoms with Gasteiger partial charge >= 0.3 is 0 Å². The van der Waals surface area contributed by atoms with Crippen LogP contribution in [0.4, 0.5) is 0 Å². The number of nitrogens with zero attached hydrogens (tertiary/aromatic N) is 1. The molecule has 0 amide bonds. The Balaban J connectivity index is 2.43. The first kappa shape index (κ1) is 12.2. The average molecular weight is 326 g/mol. The van der Waals surface area contributed by atoms with Crippen molar-refractivity contribution in [1.82, 2.24) is 10.2 Å². The summed E-state index contributed by atoms with van der Waals surface area (Å²) < 4.78 is 7.20. The zero-order valence-electron chi connectivity index (χ0n) is 8.31. The van der Waals surface area contributed by atoms with Crippen LogP contribution < -0.4 is 5.32 Å². The van der Waals surface area contributed by atoms with Gasteiger partial charge in [0.05, 0.1) is 11.0 Å². The molecule has 1 rings (SSSR count). The van der Waals surface area contributed by atoms with Gasteiger partial charge in [-0.1, -0.05) is 0 Å². The molecule has 0 aliphatic heterocycles. The van der Waals surface area contributed by atoms with Gasteiger partial charge in [-0.25, -0.2) is 0 Å². The fourth-order valence-electron chi connectivity index (χ4n) is 1.12. The highest BCUT2D eigenvalue weighted by Crippen LogP contribution is 2.27. The molecule has 0 atom stereocenters. The molecule has 3 nitrogen and oxygen atoms in total. The molecule has 0 saturated carbocycles. The van der Waals surface area contributed by atoms with Crippen molar-refractivity contribution in [2.45, 2.75) is 6.54 Å². The molecule has 0 aliphatic carbocycles. The maximum Gasteiger partial charge on any atom is 0.183 e. The van der Waals surface area contributed by atoms with E-state index in [4.69, 9.17) is 4.42 Å². The van der Waals surface area contributed by atoms with Crippen LogP contribution in [0.5, 0.6) is 0 Å². The van der Waals surface area contributed by atoms with Gasteiger partial charge in [-0.15, -0.1) is 0 Å². The Morgan fingerprint density at radius 3 is 2.71 bits per heavy atom. The molecule has 0 saturated heterocycles. The van der Waals surface area contributed by atoms with Crippen molar-refractivity contribution in [3.63, 3.8) is 0 Å². The minimum absolute atomic E-state index is 0.759. The smallest absolute Gasteiger partial charge is 0.183 e. The molecule has 0 aliphatic rings. The lowest BCUT2D eigenvalue weighted by atomic mass is 10.4. The molecule has 5 heteroatoms. The monoisotopic (exact) mass is 324 g/mol. The van der Waals surface area contributed by atoms with Crippen LogP contribution in [0.25, 0.3) is 0 Å². The van der Waals surface area contributed by atoms with Crippen molar-refractivity contribution in [2.75, 3.05) is 27.2 Å². The predicted octanol–water partition coefficient (Wildman–Crippen LogP) is 2.46. The van der Waals surface area contributed by atoms with E-state index in [9.17, 15) is 0 Å². The normalized spacial score (nSPS) is 11.2. The summed E-state index contributed by atoms with van der Waals surface area (Å²) in [6, 6.07) is 1.99. The minimum Gasteiger partial charge on any atom is -0.452 e. The SMILES string of the molecule is CNCCN(C)Cc1cc(Br)c(Br)o1. The van der Waals surface area contributed by atoms with Gasteiger partial charge in [0, 0.05) is 13.1 Å². The van der Waals surface area contributed by atoms with Crippen molar-refractivity contribution < 1.29 is 4.42 Å². The Bertz CT molecular complexity index is 269. The number of nitrogens with one attached hydrogen (secondary N) is 1. The number of rotatable bonds is 5. The van der Waals surface area contributed by atoms with Crippen molar-refractivity contribution in [1.29, 1.82) is 0 Å². The molecule has 0 aromatic carbocycles. The van der Waals surface area contributed by atoms with Crippen molar-refractivity contribution >= 4 is 31.9 Å². The molecular formula is C9H14Br2N2O. The maximum atomic E-state index is 5.47. The zero-order chi connectivity index (χ0) is 10.6. The summed E-state index contributed by atoms with van der Waals surface area (Å²) in [5, 5.41) is 3.11. The summed E-state index contributed by atoms with van der Waals surface area (Å²) in [7, 11) is 4.02. The highest BCUT2D eigenvalue weighted by molar-refractivity contribution is 9.13. The van der Waals surface area contributed by atoms with Crippen LogP contribution in [0.15, 0.2) is 19.6 Å². The number of likely N-dealkylation sites (N-methyl/N-ethyl adjacent to an activating group) is 2. The lowest BCUT2D eigenvalue weighted by Gasteiger charge is -2.13. The summed E-state index contributed by atoms with van der Waals surface area (Å²) in [5.74, 6) is 0.961. The fraction of sp³-hybridized carbons (Fsp3) is 0.556. The number of furan rings is 1. The fourth-order valence-corrected chi connectivity index (χ4v) is 1.78. The van der Waals surface area contributed by atoms with E-state index in [2.05, 4.69) is 49.1 Å². The van der Waals surface area contributed by atoms with Crippen molar-refractivity contribution in [3.05, 3.63) is 21.0 Å². The van der Waals surface area contributed by atoms with Crippen molar-refractivity contribution in [3.8, 4) is 0 Å². The molecule has 0 unspecified atom stereocenters. The maximum absolute atomic E-state index is 5.47. The quantitative estimate of drug-likeness (QED) is 0.901. The summed E-state index contributed by atoms with van der Waals surface area (Å²) in [6.45, 7) is 2.82. The van der Waals surface area contributed by atoms with E-state index in [0.717, 1.165) is 34.5 Å². The van der Waals surface area contributed by atoms with Gasteiger partial charge in [0.15, 0.2) is 4.67 Å². The number of halogens is 2. The highest BCUT2D eigenvalue weighted by atomic mass is 79.9. The molecule has 0 bridgehead atoms. The Hall–Kier alpha value is 0.160. The molecule has 1 heterocycles. The molecule has 14 heavy (non-hydrogen) atoms. The standard InChI is InChI=1S/C9H14Br2N2O/c1-12-3-4-13(2)6-7-5-8(10)9(11)14-7/h5,12H,3-4,6H2,1-2H3. The first-order valence-corrected chi connectivity index (χ1v) is 5.99. The molecular weight excluding hydrogens is 312 g/mol. The first-order valence-electron chi connectivity index (χ1n) is 4.40. The van der Waals surface area contributed by atoms with Gasteiger partial charge in [-0.2, -0.15) is 0 Å². The van der Waals surface area contributed by atoms with Gasteiger partial charge in [-0.3, -0.25) is 4.90 Å². The molecule has 1 aromatic heterocycles. The summed E-state index contributed by atoms with van der Waals surface area (Å²) in [6.07, 6.45) is 0. The van der Waals surface area contributed by atoms with E-state index in [1.54, 1.807) is 0 Å². The predicted molar refractivity (Wildman–Crippen MR) is 64.4 cm³/mol. The van der Waals surface area contributed by atoms with Crippen LogP contribution in [-0.2, 0) is 6.54 Å². The van der Waals surface area contributed by atoms with Crippen LogP contribution in [0, 0.1) is 0 Å². The van der Waals surface area contributed by atoms with Gasteiger partial charge in [0.2, 0.25) is 0 Å². The van der Waals surface area contributed by atoms with Crippen LogP contribution >= 0.6 is 31.9 Å². The lowest BCUT2D eigenvalue weighted by Crippen LogP contribution is -2.26. The number of hydrogen-bond acceptors (Lipinski definition) is 3. The van der Waals surface area contributed by atoms with Gasteiger partial charge in [0.25, 0.3) is 0 Å². The molecule has 0 radical (unpaired) electrons. The summed E-state index contributed by atoms with van der Waals surface area (Å²) >= 11 is 6.70. The lowest BCUT2D eigenvalue weighted by molar-refractivity contribution is 0.294. The van der Waals surface area contributed by atoms with Crippen LogP contribution in [0.1, 0.15) is 5.76 Å². The zero-order valence-corrected chi connectivity index (χ0v) is 11.5. The van der Waals surface area contributed by atoms with Crippen LogP contribution in [-0.4, -0.2) is 32.1 Å². The largest absolute Gasteiger partial charge is 0.452 e. The van der Waals surface area contributed by atoms with E-state index >= 15 is 0 Å². The second-order valence-electron chi connectivity index (χ2n) is 3.18. The van der Waals surface area contributed by atoms with Gasteiger partial charge in [0.1, 0.15) is 5.76 Å². The third-order valence-electron chi connectivity index (χ3n) is 1.87. The average Bonchev–Trinajstić information content (AvgIpc) is 2.42. The van der Waals surface area contributed by atoms with Crippen LogP contribution in [0.2, 0.25) is 0 Å². The Labute approximate surface area is 101 Å². The van der Waals surface area contributed by atoms with E-state index in [1.165, 1.54) is 0 Å². The third-order valence-corrected chi connectivity index (χ3v) is 3.58. The first-order chi connectivity index (χ1) is 6.63. The van der Waals surface area contributed by atoms with E-state index in [0.29, 0.717) is 0 Å². The Kier molecular flexibility index (Phi) is 5.15. The third kappa shape index (κ3) is 3.73. The minimum atomic E-state index is 0.759. The topological polar surface area (TPSA) is 28.4 Å². The molecule has 0 fully saturated rings. The van der Waals surface area contributed by atoms with E-state index < -0.39 is 0 Å². The molecule has 80 valence electrons. The summed E-state index contributed by atoms with van der Waals surface area (Å²) in [5.41, 5.74) is 0. The van der Waals surface area contributed by atoms with Crippen LogP contribution in [0.3, 0.4) is 0 Å². The van der Waals surface area contributed by atoms with E-state index in [-0.39, 0.29) is 0 Å². The van der Waals surface area contributed by atoms with Crippen molar-refractivity contribution in [2.24, 2.45) is 0 Å². The van der Waals surface area contributed by atoms with E-state index in [1.807, 2.05) is 13.1 Å². The summed E-state index contributed by atoms with van der Waals surface area (Å²) in [4.78, 5) is 2.20. The number of hydrogen-bond donors (Lipinski definition) is 1. The molecule has 1 N–H and O–H groups in total. The molecule has 1 aromatic rings.